The van der Waals surface area contributed by atoms with Gasteiger partial charge >= 0.3 is 6.03 Å². The van der Waals surface area contributed by atoms with Crippen LogP contribution < -0.4 is 5.73 Å². The molecule has 2 aliphatic heterocycles. The fraction of sp³-hybridized carbons (Fsp3) is 0.552. The molecule has 2 N–H and O–H groups in total. The minimum atomic E-state index is -0.356. The fourth-order valence-electron chi connectivity index (χ4n) is 6.68. The number of benzene rings is 1. The van der Waals surface area contributed by atoms with Crippen molar-refractivity contribution in [3.63, 3.8) is 0 Å². The van der Waals surface area contributed by atoms with Crippen molar-refractivity contribution in [2.24, 2.45) is 17.6 Å². The SMILES string of the molecule is Cc1cnc2c(c1)CCc1cc(Cl)cc(C)c1C2C1CCN(C(=O)CC2CCN(C(N)=O)CC2)CC1. The zero-order valence-electron chi connectivity index (χ0n) is 21.4. The summed E-state index contributed by atoms with van der Waals surface area (Å²) in [4.78, 5) is 33.3. The van der Waals surface area contributed by atoms with E-state index in [4.69, 9.17) is 22.3 Å². The monoisotopic (exact) mass is 508 g/mol. The molecule has 1 aromatic carbocycles. The molecule has 3 heterocycles. The summed E-state index contributed by atoms with van der Waals surface area (Å²) >= 11 is 6.48. The van der Waals surface area contributed by atoms with Gasteiger partial charge < -0.3 is 15.5 Å². The van der Waals surface area contributed by atoms with Crippen LogP contribution in [-0.2, 0) is 17.6 Å². The lowest BCUT2D eigenvalue weighted by Crippen LogP contribution is -2.44. The van der Waals surface area contributed by atoms with Crippen molar-refractivity contribution < 1.29 is 9.59 Å². The third-order valence-corrected chi connectivity index (χ3v) is 8.82. The highest BCUT2D eigenvalue weighted by molar-refractivity contribution is 6.30. The molecule has 1 aliphatic carbocycles. The zero-order valence-corrected chi connectivity index (χ0v) is 22.2. The number of aryl methyl sites for hydroxylation is 4. The number of pyridine rings is 1. The molecule has 1 atom stereocenters. The molecule has 0 radical (unpaired) electrons. The Morgan fingerprint density at radius 3 is 2.33 bits per heavy atom. The number of carbonyl (C=O) groups excluding carboxylic acids is 2. The summed E-state index contributed by atoms with van der Waals surface area (Å²) in [6.45, 7) is 7.20. The molecular weight excluding hydrogens is 472 g/mol. The Bertz CT molecular complexity index is 1150. The van der Waals surface area contributed by atoms with Gasteiger partial charge in [0.15, 0.2) is 0 Å². The molecule has 0 bridgehead atoms. The Labute approximate surface area is 219 Å². The number of nitrogens with zero attached hydrogens (tertiary/aromatic N) is 3. The highest BCUT2D eigenvalue weighted by Crippen LogP contribution is 2.44. The van der Waals surface area contributed by atoms with Crippen LogP contribution in [0.1, 0.15) is 71.5 Å². The first-order chi connectivity index (χ1) is 17.3. The molecular formula is C29H37ClN4O2. The van der Waals surface area contributed by atoms with Crippen molar-refractivity contribution in [2.75, 3.05) is 26.2 Å². The third-order valence-electron chi connectivity index (χ3n) is 8.60. The summed E-state index contributed by atoms with van der Waals surface area (Å²) in [5.41, 5.74) is 13.2. The molecule has 6 nitrogen and oxygen atoms in total. The standard InChI is InChI=1S/C29H37ClN4O2/c1-18-13-23-4-3-22-16-24(30)14-19(2)26(22)27(28(23)32-17-18)21-7-11-33(12-8-21)25(35)15-20-5-9-34(10-6-20)29(31)36/h13-14,16-17,20-21,27H,3-12,15H2,1-2H3,(H2,31,36). The second-order valence-electron chi connectivity index (χ2n) is 11.0. The molecule has 2 aromatic rings. The number of hydrogen-bond donors (Lipinski definition) is 1. The molecule has 2 saturated heterocycles. The summed E-state index contributed by atoms with van der Waals surface area (Å²) in [7, 11) is 0. The van der Waals surface area contributed by atoms with Crippen LogP contribution in [0.5, 0.6) is 0 Å². The molecule has 0 saturated carbocycles. The Morgan fingerprint density at radius 2 is 1.64 bits per heavy atom. The Balaban J connectivity index is 1.31. The number of carbonyl (C=O) groups is 2. The molecule has 36 heavy (non-hydrogen) atoms. The van der Waals surface area contributed by atoms with E-state index in [1.807, 2.05) is 6.20 Å². The minimum Gasteiger partial charge on any atom is -0.351 e. The summed E-state index contributed by atoms with van der Waals surface area (Å²) in [6.07, 6.45) is 8.22. The van der Waals surface area contributed by atoms with Crippen LogP contribution in [-0.4, -0.2) is 52.9 Å². The van der Waals surface area contributed by atoms with Crippen molar-refractivity contribution in [2.45, 2.75) is 64.7 Å². The van der Waals surface area contributed by atoms with Gasteiger partial charge in [-0.3, -0.25) is 9.78 Å². The van der Waals surface area contributed by atoms with Crippen LogP contribution in [0.2, 0.25) is 5.02 Å². The van der Waals surface area contributed by atoms with Gasteiger partial charge in [0.2, 0.25) is 5.91 Å². The van der Waals surface area contributed by atoms with Crippen LogP contribution in [0, 0.1) is 25.7 Å². The lowest BCUT2D eigenvalue weighted by atomic mass is 9.75. The number of aromatic nitrogens is 1. The molecule has 3 aliphatic rings. The molecule has 1 aromatic heterocycles. The van der Waals surface area contributed by atoms with Crippen LogP contribution in [0.25, 0.3) is 0 Å². The van der Waals surface area contributed by atoms with Crippen molar-refractivity contribution in [1.29, 1.82) is 0 Å². The molecule has 0 spiro atoms. The summed E-state index contributed by atoms with van der Waals surface area (Å²) in [6, 6.07) is 6.19. The number of rotatable bonds is 3. The van der Waals surface area contributed by atoms with E-state index < -0.39 is 0 Å². The second-order valence-corrected chi connectivity index (χ2v) is 11.5. The number of primary amides is 1. The first-order valence-corrected chi connectivity index (χ1v) is 13.7. The molecule has 1 unspecified atom stereocenters. The number of nitrogens with two attached hydrogens (primary N) is 1. The van der Waals surface area contributed by atoms with E-state index in [-0.39, 0.29) is 17.9 Å². The first-order valence-electron chi connectivity index (χ1n) is 13.4. The third kappa shape index (κ3) is 5.10. The topological polar surface area (TPSA) is 79.5 Å². The highest BCUT2D eigenvalue weighted by atomic mass is 35.5. The van der Waals surface area contributed by atoms with E-state index in [0.29, 0.717) is 31.3 Å². The normalized spacial score (nSPS) is 21.0. The number of likely N-dealkylation sites (tertiary alicyclic amines) is 2. The van der Waals surface area contributed by atoms with Crippen LogP contribution in [0.3, 0.4) is 0 Å². The Hall–Kier alpha value is -2.60. The van der Waals surface area contributed by atoms with Crippen LogP contribution in [0.4, 0.5) is 4.79 Å². The molecule has 5 rings (SSSR count). The molecule has 2 fully saturated rings. The quantitative estimate of drug-likeness (QED) is 0.633. The largest absolute Gasteiger partial charge is 0.351 e. The van der Waals surface area contributed by atoms with Crippen LogP contribution in [0.15, 0.2) is 24.4 Å². The van der Waals surface area contributed by atoms with Gasteiger partial charge in [-0.15, -0.1) is 0 Å². The van der Waals surface area contributed by atoms with Crippen molar-refractivity contribution in [3.05, 3.63) is 62.9 Å². The van der Waals surface area contributed by atoms with Crippen molar-refractivity contribution in [3.8, 4) is 0 Å². The number of fused-ring (bicyclic) bond motifs is 2. The number of hydrogen-bond acceptors (Lipinski definition) is 3. The van der Waals surface area contributed by atoms with Gasteiger partial charge in [0.25, 0.3) is 0 Å². The number of halogens is 1. The van der Waals surface area contributed by atoms with Gasteiger partial charge in [0, 0.05) is 49.7 Å². The van der Waals surface area contributed by atoms with E-state index in [2.05, 4.69) is 36.9 Å². The van der Waals surface area contributed by atoms with Crippen molar-refractivity contribution >= 4 is 23.5 Å². The van der Waals surface area contributed by atoms with E-state index >= 15 is 0 Å². The van der Waals surface area contributed by atoms with E-state index in [0.717, 1.165) is 56.6 Å². The van der Waals surface area contributed by atoms with Crippen LogP contribution >= 0.6 is 11.6 Å². The number of piperidine rings is 2. The minimum absolute atomic E-state index is 0.241. The van der Waals surface area contributed by atoms with Crippen molar-refractivity contribution in [1.82, 2.24) is 14.8 Å². The average molecular weight is 509 g/mol. The predicted octanol–water partition coefficient (Wildman–Crippen LogP) is 5.00. The van der Waals surface area contributed by atoms with Gasteiger partial charge in [-0.2, -0.15) is 0 Å². The molecule has 192 valence electrons. The predicted molar refractivity (Wildman–Crippen MR) is 142 cm³/mol. The smallest absolute Gasteiger partial charge is 0.314 e. The van der Waals surface area contributed by atoms with Gasteiger partial charge in [-0.1, -0.05) is 17.7 Å². The Kier molecular flexibility index (Phi) is 7.25. The first kappa shape index (κ1) is 25.1. The zero-order chi connectivity index (χ0) is 25.4. The van der Waals surface area contributed by atoms with Gasteiger partial charge in [-0.05, 0) is 104 Å². The maximum absolute atomic E-state index is 13.1. The second kappa shape index (κ2) is 10.4. The maximum atomic E-state index is 13.1. The lowest BCUT2D eigenvalue weighted by molar-refractivity contribution is -0.134. The lowest BCUT2D eigenvalue weighted by Gasteiger charge is -2.38. The average Bonchev–Trinajstić information content (AvgIpc) is 3.01. The van der Waals surface area contributed by atoms with E-state index in [9.17, 15) is 9.59 Å². The maximum Gasteiger partial charge on any atom is 0.314 e. The van der Waals surface area contributed by atoms with Gasteiger partial charge in [0.05, 0.1) is 5.69 Å². The summed E-state index contributed by atoms with van der Waals surface area (Å²) < 4.78 is 0. The number of amides is 3. The van der Waals surface area contributed by atoms with E-state index in [1.165, 1.54) is 33.5 Å². The number of urea groups is 1. The molecule has 7 heteroatoms. The Morgan fingerprint density at radius 1 is 0.972 bits per heavy atom. The summed E-state index contributed by atoms with van der Waals surface area (Å²) in [5.74, 6) is 1.28. The van der Waals surface area contributed by atoms with Gasteiger partial charge in [0.1, 0.15) is 0 Å². The fourth-order valence-corrected chi connectivity index (χ4v) is 6.97. The highest BCUT2D eigenvalue weighted by Gasteiger charge is 2.36. The summed E-state index contributed by atoms with van der Waals surface area (Å²) in [5, 5.41) is 0.808. The molecule has 3 amide bonds. The van der Waals surface area contributed by atoms with Gasteiger partial charge in [-0.25, -0.2) is 4.79 Å². The van der Waals surface area contributed by atoms with E-state index in [1.54, 1.807) is 4.90 Å².